The number of aryl methyl sites for hydroxylation is 1. The van der Waals surface area contributed by atoms with E-state index in [0.717, 1.165) is 0 Å². The van der Waals surface area contributed by atoms with Crippen LogP contribution in [0.5, 0.6) is 5.75 Å². The number of carbonyl (C=O) groups excluding carboxylic acids is 1. The first-order valence-electron chi connectivity index (χ1n) is 6.34. The minimum atomic E-state index is -0.563. The second-order valence-corrected chi connectivity index (χ2v) is 5.45. The standard InChI is InChI=1S/C13H13IN4O4/c1-3-22-8-4-5-10(11(6-8)18(20)21)16-13(19)12-9(14)7-15-17(12)2/h4-7H,3H2,1-2H3,(H,16,19). The maximum atomic E-state index is 12.3. The van der Waals surface area contributed by atoms with Gasteiger partial charge in [-0.2, -0.15) is 5.10 Å². The Morgan fingerprint density at radius 1 is 1.55 bits per heavy atom. The van der Waals surface area contributed by atoms with Gasteiger partial charge in [0.05, 0.1) is 27.4 Å². The molecule has 1 N–H and O–H groups in total. The molecule has 0 saturated carbocycles. The van der Waals surface area contributed by atoms with Crippen LogP contribution in [0.25, 0.3) is 0 Å². The number of carbonyl (C=O) groups is 1. The summed E-state index contributed by atoms with van der Waals surface area (Å²) in [4.78, 5) is 22.9. The molecule has 1 aromatic carbocycles. The number of nitrogens with one attached hydrogen (secondary N) is 1. The molecule has 0 spiro atoms. The van der Waals surface area contributed by atoms with Crippen molar-refractivity contribution in [3.8, 4) is 5.75 Å². The number of benzene rings is 1. The molecule has 0 aliphatic carbocycles. The first kappa shape index (κ1) is 16.2. The zero-order valence-electron chi connectivity index (χ0n) is 11.9. The van der Waals surface area contributed by atoms with Crippen LogP contribution in [-0.4, -0.2) is 27.2 Å². The van der Waals surface area contributed by atoms with E-state index in [4.69, 9.17) is 4.74 Å². The van der Waals surface area contributed by atoms with Gasteiger partial charge in [0.2, 0.25) is 0 Å². The van der Waals surface area contributed by atoms with Crippen LogP contribution in [0, 0.1) is 13.7 Å². The third kappa shape index (κ3) is 3.35. The van der Waals surface area contributed by atoms with Crippen LogP contribution in [0.4, 0.5) is 11.4 Å². The van der Waals surface area contributed by atoms with Crippen LogP contribution >= 0.6 is 22.6 Å². The number of aromatic nitrogens is 2. The molecule has 9 heteroatoms. The molecule has 1 amide bonds. The second kappa shape index (κ2) is 6.73. The number of ether oxygens (including phenoxy) is 1. The quantitative estimate of drug-likeness (QED) is 0.459. The fourth-order valence-corrected chi connectivity index (χ4v) is 2.59. The van der Waals surface area contributed by atoms with Gasteiger partial charge < -0.3 is 10.1 Å². The van der Waals surface area contributed by atoms with Crippen LogP contribution in [0.1, 0.15) is 17.4 Å². The third-order valence-corrected chi connectivity index (χ3v) is 3.62. The molecule has 0 radical (unpaired) electrons. The molecule has 1 heterocycles. The summed E-state index contributed by atoms with van der Waals surface area (Å²) >= 11 is 1.98. The van der Waals surface area contributed by atoms with Crippen molar-refractivity contribution in [2.45, 2.75) is 6.92 Å². The maximum absolute atomic E-state index is 12.3. The SMILES string of the molecule is CCOc1ccc(NC(=O)c2c(I)cnn2C)c([N+](=O)[O-])c1. The largest absolute Gasteiger partial charge is 0.494 e. The zero-order valence-corrected chi connectivity index (χ0v) is 14.0. The van der Waals surface area contributed by atoms with Crippen LogP contribution in [-0.2, 0) is 7.05 Å². The molecule has 0 unspecified atom stereocenters. The van der Waals surface area contributed by atoms with Gasteiger partial charge in [-0.25, -0.2) is 0 Å². The molecule has 8 nitrogen and oxygen atoms in total. The van der Waals surface area contributed by atoms with E-state index < -0.39 is 10.8 Å². The molecule has 1 aromatic heterocycles. The number of hydrogen-bond donors (Lipinski definition) is 1. The molecular weight excluding hydrogens is 403 g/mol. The van der Waals surface area contributed by atoms with E-state index in [9.17, 15) is 14.9 Å². The molecule has 116 valence electrons. The number of hydrogen-bond acceptors (Lipinski definition) is 5. The smallest absolute Gasteiger partial charge is 0.296 e. The van der Waals surface area contributed by atoms with Crippen LogP contribution in [0.3, 0.4) is 0 Å². The number of nitro benzene ring substituents is 1. The van der Waals surface area contributed by atoms with Gasteiger partial charge in [-0.1, -0.05) is 0 Å². The fourth-order valence-electron chi connectivity index (χ4n) is 1.87. The van der Waals surface area contributed by atoms with Gasteiger partial charge in [-0.05, 0) is 41.6 Å². The number of anilines is 1. The lowest BCUT2D eigenvalue weighted by Crippen LogP contribution is -2.18. The molecule has 2 rings (SSSR count). The average molecular weight is 416 g/mol. The van der Waals surface area contributed by atoms with Gasteiger partial charge in [0.15, 0.2) is 0 Å². The molecule has 0 fully saturated rings. The number of nitrogens with zero attached hydrogens (tertiary/aromatic N) is 3. The number of rotatable bonds is 5. The highest BCUT2D eigenvalue weighted by atomic mass is 127. The van der Waals surface area contributed by atoms with Gasteiger partial charge in [0.25, 0.3) is 11.6 Å². The Labute approximate surface area is 139 Å². The second-order valence-electron chi connectivity index (χ2n) is 4.29. The van der Waals surface area contributed by atoms with Crippen LogP contribution < -0.4 is 10.1 Å². The molecular formula is C13H13IN4O4. The minimum absolute atomic E-state index is 0.107. The van der Waals surface area contributed by atoms with E-state index >= 15 is 0 Å². The Morgan fingerprint density at radius 3 is 2.82 bits per heavy atom. The van der Waals surface area contributed by atoms with Crippen molar-refractivity contribution in [1.82, 2.24) is 9.78 Å². The molecule has 0 aliphatic heterocycles. The molecule has 0 saturated heterocycles. The minimum Gasteiger partial charge on any atom is -0.494 e. The average Bonchev–Trinajstić information content (AvgIpc) is 2.80. The van der Waals surface area contributed by atoms with E-state index in [1.165, 1.54) is 16.8 Å². The fraction of sp³-hybridized carbons (Fsp3) is 0.231. The molecule has 2 aromatic rings. The maximum Gasteiger partial charge on any atom is 0.296 e. The predicted octanol–water partition coefficient (Wildman–Crippen LogP) is 2.58. The third-order valence-electron chi connectivity index (χ3n) is 2.83. The lowest BCUT2D eigenvalue weighted by molar-refractivity contribution is -0.384. The van der Waals surface area contributed by atoms with Crippen LogP contribution in [0.2, 0.25) is 0 Å². The highest BCUT2D eigenvalue weighted by Crippen LogP contribution is 2.29. The lowest BCUT2D eigenvalue weighted by Gasteiger charge is -2.09. The van der Waals surface area contributed by atoms with E-state index in [1.54, 1.807) is 26.2 Å². The number of amides is 1. The van der Waals surface area contributed by atoms with Crippen LogP contribution in [0.15, 0.2) is 24.4 Å². The van der Waals surface area contributed by atoms with Crippen molar-refractivity contribution < 1.29 is 14.5 Å². The molecule has 0 aliphatic rings. The van der Waals surface area contributed by atoms with Gasteiger partial charge >= 0.3 is 0 Å². The summed E-state index contributed by atoms with van der Waals surface area (Å²) in [5.41, 5.74) is 0.218. The van der Waals surface area contributed by atoms with Crippen molar-refractivity contribution in [1.29, 1.82) is 0 Å². The summed E-state index contributed by atoms with van der Waals surface area (Å²) < 4.78 is 7.31. The Morgan fingerprint density at radius 2 is 2.27 bits per heavy atom. The van der Waals surface area contributed by atoms with Crippen molar-refractivity contribution in [3.05, 3.63) is 43.8 Å². The summed E-state index contributed by atoms with van der Waals surface area (Å²) in [6, 6.07) is 4.30. The van der Waals surface area contributed by atoms with Crippen molar-refractivity contribution >= 4 is 39.9 Å². The summed E-state index contributed by atoms with van der Waals surface area (Å²) in [6.07, 6.45) is 1.54. The normalized spacial score (nSPS) is 10.3. The Balaban J connectivity index is 2.33. The molecule has 22 heavy (non-hydrogen) atoms. The Kier molecular flexibility index (Phi) is 4.96. The number of halogens is 1. The Hall–Kier alpha value is -2.17. The van der Waals surface area contributed by atoms with Gasteiger partial charge in [0.1, 0.15) is 17.1 Å². The highest BCUT2D eigenvalue weighted by Gasteiger charge is 2.21. The van der Waals surface area contributed by atoms with Crippen molar-refractivity contribution in [3.63, 3.8) is 0 Å². The molecule has 0 atom stereocenters. The van der Waals surface area contributed by atoms with Crippen molar-refractivity contribution in [2.24, 2.45) is 7.05 Å². The lowest BCUT2D eigenvalue weighted by atomic mass is 10.2. The summed E-state index contributed by atoms with van der Waals surface area (Å²) in [7, 11) is 1.63. The monoisotopic (exact) mass is 416 g/mol. The van der Waals surface area contributed by atoms with E-state index in [2.05, 4.69) is 10.4 Å². The topological polar surface area (TPSA) is 99.3 Å². The van der Waals surface area contributed by atoms with E-state index in [1.807, 2.05) is 22.6 Å². The van der Waals surface area contributed by atoms with Crippen molar-refractivity contribution in [2.75, 3.05) is 11.9 Å². The summed E-state index contributed by atoms with van der Waals surface area (Å²) in [5, 5.41) is 17.7. The van der Waals surface area contributed by atoms with Gasteiger partial charge in [0, 0.05) is 7.05 Å². The highest BCUT2D eigenvalue weighted by molar-refractivity contribution is 14.1. The van der Waals surface area contributed by atoms with Gasteiger partial charge in [-0.15, -0.1) is 0 Å². The zero-order chi connectivity index (χ0) is 16.3. The summed E-state index contributed by atoms with van der Waals surface area (Å²) in [6.45, 7) is 2.18. The first-order valence-corrected chi connectivity index (χ1v) is 7.42. The van der Waals surface area contributed by atoms with E-state index in [0.29, 0.717) is 21.6 Å². The predicted molar refractivity (Wildman–Crippen MR) is 88.1 cm³/mol. The first-order chi connectivity index (χ1) is 10.4. The summed E-state index contributed by atoms with van der Waals surface area (Å²) in [5.74, 6) is -0.0843. The van der Waals surface area contributed by atoms with Gasteiger partial charge in [-0.3, -0.25) is 19.6 Å². The molecule has 0 bridgehead atoms. The Bertz CT molecular complexity index is 709. The number of nitro groups is 1. The van der Waals surface area contributed by atoms with E-state index in [-0.39, 0.29) is 11.4 Å².